The molecule has 22 heavy (non-hydrogen) atoms. The molecule has 2 heterocycles. The molecule has 2 aromatic carbocycles. The summed E-state index contributed by atoms with van der Waals surface area (Å²) in [4.78, 5) is 5.28. The van der Waals surface area contributed by atoms with Gasteiger partial charge in [0, 0.05) is 28.0 Å². The Kier molecular flexibility index (Phi) is 3.63. The molecule has 3 heteroatoms. The molecule has 0 unspecified atom stereocenters. The van der Waals surface area contributed by atoms with Crippen LogP contribution in [-0.4, -0.2) is 12.6 Å². The molecule has 2 aliphatic heterocycles. The van der Waals surface area contributed by atoms with Crippen molar-refractivity contribution in [2.75, 3.05) is 11.5 Å². The van der Waals surface area contributed by atoms with E-state index < -0.39 is 0 Å². The summed E-state index contributed by atoms with van der Waals surface area (Å²) >= 11 is 1.89. The second-order valence-corrected chi connectivity index (χ2v) is 6.96. The largest absolute Gasteiger partial charge is 0.374 e. The molecule has 0 saturated carbocycles. The highest BCUT2D eigenvalue weighted by Gasteiger charge is 2.37. The van der Waals surface area contributed by atoms with Gasteiger partial charge in [0.05, 0.1) is 17.5 Å². The normalized spacial score (nSPS) is 22.2. The zero-order chi connectivity index (χ0) is 15.1. The highest BCUT2D eigenvalue weighted by Crippen LogP contribution is 2.55. The lowest BCUT2D eigenvalue weighted by atomic mass is 9.90. The van der Waals surface area contributed by atoms with Crippen LogP contribution in [0.3, 0.4) is 0 Å². The molecule has 0 amide bonds. The third kappa shape index (κ3) is 2.07. The van der Waals surface area contributed by atoms with Gasteiger partial charge in [-0.25, -0.2) is 0 Å². The second kappa shape index (κ2) is 5.64. The maximum atomic E-state index is 6.07. The Balaban J connectivity index is 1.91. The number of ether oxygens (including phenoxy) is 1. The van der Waals surface area contributed by atoms with E-state index >= 15 is 0 Å². The van der Waals surface area contributed by atoms with E-state index in [4.69, 9.17) is 4.74 Å². The van der Waals surface area contributed by atoms with Gasteiger partial charge in [-0.05, 0) is 38.0 Å². The Morgan fingerprint density at radius 1 is 1.09 bits per heavy atom. The van der Waals surface area contributed by atoms with Gasteiger partial charge < -0.3 is 9.64 Å². The minimum Gasteiger partial charge on any atom is -0.374 e. The van der Waals surface area contributed by atoms with Crippen molar-refractivity contribution in [2.24, 2.45) is 0 Å². The number of para-hydroxylation sites is 2. The quantitative estimate of drug-likeness (QED) is 0.737. The van der Waals surface area contributed by atoms with Crippen LogP contribution in [-0.2, 0) is 4.74 Å². The highest BCUT2D eigenvalue weighted by atomic mass is 32.2. The van der Waals surface area contributed by atoms with Crippen LogP contribution < -0.4 is 4.90 Å². The van der Waals surface area contributed by atoms with E-state index in [1.54, 1.807) is 0 Å². The minimum atomic E-state index is 0.229. The molecule has 2 atom stereocenters. The zero-order valence-corrected chi connectivity index (χ0v) is 13.9. The molecule has 2 aromatic rings. The first-order valence-electron chi connectivity index (χ1n) is 8.14. The maximum absolute atomic E-state index is 6.07. The third-order valence-electron chi connectivity index (χ3n) is 4.65. The van der Waals surface area contributed by atoms with Crippen molar-refractivity contribution >= 4 is 23.1 Å². The molecular weight excluding hydrogens is 290 g/mol. The first kappa shape index (κ1) is 14.2. The molecule has 4 rings (SSSR count). The fraction of sp³-hybridized carbons (Fsp3) is 0.368. The molecule has 0 N–H and O–H groups in total. The lowest BCUT2D eigenvalue weighted by Crippen LogP contribution is -2.39. The Bertz CT molecular complexity index is 700. The number of fused-ring (bicyclic) bond motifs is 2. The molecule has 0 aliphatic carbocycles. The Hall–Kier alpha value is -1.45. The van der Waals surface area contributed by atoms with E-state index in [0.29, 0.717) is 6.04 Å². The molecule has 0 radical (unpaired) electrons. The van der Waals surface area contributed by atoms with Crippen molar-refractivity contribution in [1.82, 2.24) is 0 Å². The van der Waals surface area contributed by atoms with Crippen LogP contribution in [0, 0.1) is 0 Å². The number of nitrogens with zero attached hydrogens (tertiary/aromatic N) is 1. The number of hydrogen-bond acceptors (Lipinski definition) is 3. The van der Waals surface area contributed by atoms with Crippen LogP contribution in [0.15, 0.2) is 52.3 Å². The number of hydrogen-bond donors (Lipinski definition) is 0. The first-order chi connectivity index (χ1) is 10.8. The van der Waals surface area contributed by atoms with Crippen molar-refractivity contribution in [2.45, 2.75) is 48.6 Å². The number of rotatable bonds is 3. The summed E-state index contributed by atoms with van der Waals surface area (Å²) in [5.41, 5.74) is 4.09. The van der Waals surface area contributed by atoms with Gasteiger partial charge in [0.1, 0.15) is 0 Å². The van der Waals surface area contributed by atoms with Crippen molar-refractivity contribution in [3.05, 3.63) is 48.0 Å². The van der Waals surface area contributed by atoms with Crippen molar-refractivity contribution < 1.29 is 4.74 Å². The Morgan fingerprint density at radius 3 is 2.73 bits per heavy atom. The zero-order valence-electron chi connectivity index (χ0n) is 13.1. The molecule has 2 aliphatic rings. The summed E-state index contributed by atoms with van der Waals surface area (Å²) < 4.78 is 6.07. The van der Waals surface area contributed by atoms with Crippen molar-refractivity contribution in [1.29, 1.82) is 0 Å². The summed E-state index contributed by atoms with van der Waals surface area (Å²) in [5, 5.41) is 0. The molecule has 0 fully saturated rings. The van der Waals surface area contributed by atoms with Gasteiger partial charge in [-0.3, -0.25) is 0 Å². The van der Waals surface area contributed by atoms with E-state index in [0.717, 1.165) is 19.4 Å². The van der Waals surface area contributed by atoms with Gasteiger partial charge >= 0.3 is 0 Å². The van der Waals surface area contributed by atoms with Crippen LogP contribution in [0.1, 0.15) is 38.4 Å². The fourth-order valence-electron chi connectivity index (χ4n) is 3.69. The highest BCUT2D eigenvalue weighted by molar-refractivity contribution is 7.99. The number of benzene rings is 2. The SMILES string of the molecule is CCO[C@@H]1C[C@@H](CC)N2c3ccccc3Sc3cccc1c32. The van der Waals surface area contributed by atoms with Crippen LogP contribution in [0.5, 0.6) is 0 Å². The molecule has 0 aromatic heterocycles. The van der Waals surface area contributed by atoms with Gasteiger partial charge in [-0.1, -0.05) is 43.0 Å². The van der Waals surface area contributed by atoms with E-state index in [-0.39, 0.29) is 6.10 Å². The minimum absolute atomic E-state index is 0.229. The fourth-order valence-corrected chi connectivity index (χ4v) is 4.80. The average molecular weight is 311 g/mol. The van der Waals surface area contributed by atoms with Crippen molar-refractivity contribution in [3.63, 3.8) is 0 Å². The third-order valence-corrected chi connectivity index (χ3v) is 5.77. The molecule has 114 valence electrons. The summed E-state index contributed by atoms with van der Waals surface area (Å²) in [5.74, 6) is 0. The van der Waals surface area contributed by atoms with Gasteiger partial charge in [-0.15, -0.1) is 0 Å². The van der Waals surface area contributed by atoms with Gasteiger partial charge in [0.25, 0.3) is 0 Å². The Labute approximate surface area is 136 Å². The molecule has 0 bridgehead atoms. The summed E-state index contributed by atoms with van der Waals surface area (Å²) in [6.45, 7) is 5.15. The topological polar surface area (TPSA) is 12.5 Å². The molecule has 0 spiro atoms. The second-order valence-electron chi connectivity index (χ2n) is 5.88. The van der Waals surface area contributed by atoms with Gasteiger partial charge in [0.15, 0.2) is 0 Å². The van der Waals surface area contributed by atoms with E-state index in [2.05, 4.69) is 61.2 Å². The van der Waals surface area contributed by atoms with Gasteiger partial charge in [-0.2, -0.15) is 0 Å². The van der Waals surface area contributed by atoms with Crippen molar-refractivity contribution in [3.8, 4) is 0 Å². The van der Waals surface area contributed by atoms with Crippen LogP contribution in [0.4, 0.5) is 11.4 Å². The van der Waals surface area contributed by atoms with Gasteiger partial charge in [0.2, 0.25) is 0 Å². The first-order valence-corrected chi connectivity index (χ1v) is 8.95. The summed E-state index contributed by atoms with van der Waals surface area (Å²) in [7, 11) is 0. The predicted molar refractivity (Wildman–Crippen MR) is 92.2 cm³/mol. The standard InChI is InChI=1S/C19H21NOS/c1-3-13-12-16(21-4-2)14-8-7-11-18-19(14)20(13)15-9-5-6-10-17(15)22-18/h5-11,13,16H,3-4,12H2,1-2H3/t13-,16-/m1/s1. The lowest BCUT2D eigenvalue weighted by Gasteiger charge is -2.45. The molecular formula is C19H21NOS. The number of anilines is 2. The summed E-state index contributed by atoms with van der Waals surface area (Å²) in [6.07, 6.45) is 2.43. The van der Waals surface area contributed by atoms with Crippen LogP contribution >= 0.6 is 11.8 Å². The van der Waals surface area contributed by atoms with E-state index in [1.807, 2.05) is 11.8 Å². The average Bonchev–Trinajstić information content (AvgIpc) is 2.56. The van der Waals surface area contributed by atoms with E-state index in [1.165, 1.54) is 26.7 Å². The summed E-state index contributed by atoms with van der Waals surface area (Å²) in [6, 6.07) is 15.9. The van der Waals surface area contributed by atoms with Crippen LogP contribution in [0.2, 0.25) is 0 Å². The smallest absolute Gasteiger partial charge is 0.0865 e. The lowest BCUT2D eigenvalue weighted by molar-refractivity contribution is 0.0470. The maximum Gasteiger partial charge on any atom is 0.0865 e. The predicted octanol–water partition coefficient (Wildman–Crippen LogP) is 5.55. The van der Waals surface area contributed by atoms with Crippen LogP contribution in [0.25, 0.3) is 0 Å². The Morgan fingerprint density at radius 2 is 1.91 bits per heavy atom. The molecule has 2 nitrogen and oxygen atoms in total. The monoisotopic (exact) mass is 311 g/mol. The van der Waals surface area contributed by atoms with E-state index in [9.17, 15) is 0 Å². The molecule has 0 saturated heterocycles.